The molecule has 154 valence electrons. The van der Waals surface area contributed by atoms with Gasteiger partial charge in [-0.2, -0.15) is 0 Å². The number of benzene rings is 2. The van der Waals surface area contributed by atoms with Gasteiger partial charge in [-0.1, -0.05) is 30.3 Å². The number of hydrogen-bond acceptors (Lipinski definition) is 3. The molecule has 0 unspecified atom stereocenters. The van der Waals surface area contributed by atoms with Crippen molar-refractivity contribution in [1.82, 2.24) is 15.1 Å². The van der Waals surface area contributed by atoms with Crippen molar-refractivity contribution in [3.05, 3.63) is 65.7 Å². The van der Waals surface area contributed by atoms with Gasteiger partial charge in [0.15, 0.2) is 5.96 Å². The van der Waals surface area contributed by atoms with E-state index in [1.807, 2.05) is 61.6 Å². The van der Waals surface area contributed by atoms with Crippen molar-refractivity contribution in [2.75, 3.05) is 34.2 Å². The second-order valence-electron chi connectivity index (χ2n) is 7.41. The third kappa shape index (κ3) is 5.73. The number of aliphatic imine (C=N–C) groups is 1. The van der Waals surface area contributed by atoms with Gasteiger partial charge in [0.05, 0.1) is 0 Å². The SMILES string of the molecule is CN=C(NCc1ccc(C(=O)N(C)C)cc1)N1CCC(Oc2ccccc2)CC1. The number of hydrogen-bond donors (Lipinski definition) is 1. The van der Waals surface area contributed by atoms with Crippen LogP contribution in [0.4, 0.5) is 0 Å². The molecule has 1 aliphatic heterocycles. The molecule has 0 radical (unpaired) electrons. The zero-order valence-corrected chi connectivity index (χ0v) is 17.5. The molecule has 0 spiro atoms. The Morgan fingerprint density at radius 2 is 1.76 bits per heavy atom. The number of likely N-dealkylation sites (tertiary alicyclic amines) is 1. The maximum Gasteiger partial charge on any atom is 0.253 e. The van der Waals surface area contributed by atoms with E-state index in [0.717, 1.165) is 43.2 Å². The first-order chi connectivity index (χ1) is 14.1. The molecule has 1 saturated heterocycles. The van der Waals surface area contributed by atoms with E-state index in [1.165, 1.54) is 0 Å². The lowest BCUT2D eigenvalue weighted by molar-refractivity contribution is 0.0827. The number of nitrogens with zero attached hydrogens (tertiary/aromatic N) is 3. The molecule has 1 heterocycles. The summed E-state index contributed by atoms with van der Waals surface area (Å²) in [4.78, 5) is 20.3. The molecule has 6 nitrogen and oxygen atoms in total. The molecular formula is C23H30N4O2. The van der Waals surface area contributed by atoms with E-state index in [0.29, 0.717) is 12.1 Å². The molecule has 3 rings (SSSR count). The van der Waals surface area contributed by atoms with Crippen LogP contribution in [0.5, 0.6) is 5.75 Å². The number of carbonyl (C=O) groups is 1. The van der Waals surface area contributed by atoms with E-state index in [9.17, 15) is 4.79 Å². The standard InChI is InChI=1S/C23H30N4O2/c1-24-23(25-17-18-9-11-19(12-10-18)22(28)26(2)3)27-15-13-21(14-16-27)29-20-7-5-4-6-8-20/h4-12,21H,13-17H2,1-3H3,(H,24,25). The average molecular weight is 395 g/mol. The van der Waals surface area contributed by atoms with Crippen LogP contribution in [0.25, 0.3) is 0 Å². The maximum absolute atomic E-state index is 12.0. The fourth-order valence-corrected chi connectivity index (χ4v) is 3.41. The number of guanidine groups is 1. The number of ether oxygens (including phenoxy) is 1. The van der Waals surface area contributed by atoms with Crippen LogP contribution in [0.15, 0.2) is 59.6 Å². The van der Waals surface area contributed by atoms with E-state index in [1.54, 1.807) is 19.0 Å². The molecule has 0 bridgehead atoms. The van der Waals surface area contributed by atoms with Gasteiger partial charge in [-0.25, -0.2) is 0 Å². The van der Waals surface area contributed by atoms with Gasteiger partial charge in [0, 0.05) is 59.2 Å². The first kappa shape index (κ1) is 20.7. The molecule has 0 aliphatic carbocycles. The average Bonchev–Trinajstić information content (AvgIpc) is 2.76. The Balaban J connectivity index is 1.48. The first-order valence-electron chi connectivity index (χ1n) is 10.0. The monoisotopic (exact) mass is 394 g/mol. The van der Waals surface area contributed by atoms with Gasteiger partial charge < -0.3 is 19.9 Å². The quantitative estimate of drug-likeness (QED) is 0.626. The zero-order chi connectivity index (χ0) is 20.6. The smallest absolute Gasteiger partial charge is 0.253 e. The summed E-state index contributed by atoms with van der Waals surface area (Å²) in [5.41, 5.74) is 1.81. The van der Waals surface area contributed by atoms with E-state index < -0.39 is 0 Å². The Kier molecular flexibility index (Phi) is 7.11. The van der Waals surface area contributed by atoms with E-state index >= 15 is 0 Å². The third-order valence-electron chi connectivity index (χ3n) is 5.06. The number of amides is 1. The molecule has 0 aromatic heterocycles. The normalized spacial score (nSPS) is 15.1. The van der Waals surface area contributed by atoms with Crippen LogP contribution in [0, 0.1) is 0 Å². The third-order valence-corrected chi connectivity index (χ3v) is 5.06. The first-order valence-corrected chi connectivity index (χ1v) is 10.0. The van der Waals surface area contributed by atoms with Gasteiger partial charge in [-0.05, 0) is 29.8 Å². The maximum atomic E-state index is 12.0. The minimum atomic E-state index is 0.0147. The lowest BCUT2D eigenvalue weighted by atomic mass is 10.1. The van der Waals surface area contributed by atoms with Gasteiger partial charge in [0.2, 0.25) is 0 Å². The van der Waals surface area contributed by atoms with Crippen molar-refractivity contribution in [2.24, 2.45) is 4.99 Å². The Bertz CT molecular complexity index is 811. The summed E-state index contributed by atoms with van der Waals surface area (Å²) in [7, 11) is 5.33. The minimum absolute atomic E-state index is 0.0147. The molecule has 1 aliphatic rings. The van der Waals surface area contributed by atoms with Crippen molar-refractivity contribution >= 4 is 11.9 Å². The fourth-order valence-electron chi connectivity index (χ4n) is 3.41. The van der Waals surface area contributed by atoms with Crippen molar-refractivity contribution in [3.63, 3.8) is 0 Å². The lowest BCUT2D eigenvalue weighted by Crippen LogP contribution is -2.47. The summed E-state index contributed by atoms with van der Waals surface area (Å²) in [6, 6.07) is 17.7. The van der Waals surface area contributed by atoms with Crippen LogP contribution in [-0.2, 0) is 6.54 Å². The summed E-state index contributed by atoms with van der Waals surface area (Å²) in [5.74, 6) is 1.85. The molecule has 29 heavy (non-hydrogen) atoms. The van der Waals surface area contributed by atoms with Gasteiger partial charge in [0.1, 0.15) is 11.9 Å². The topological polar surface area (TPSA) is 57.2 Å². The summed E-state index contributed by atoms with van der Waals surface area (Å²) in [6.07, 6.45) is 2.18. The highest BCUT2D eigenvalue weighted by Gasteiger charge is 2.22. The highest BCUT2D eigenvalue weighted by Crippen LogP contribution is 2.18. The Labute approximate surface area is 173 Å². The largest absolute Gasteiger partial charge is 0.490 e. The van der Waals surface area contributed by atoms with Crippen LogP contribution in [0.3, 0.4) is 0 Å². The Hall–Kier alpha value is -3.02. The summed E-state index contributed by atoms with van der Waals surface area (Å²) in [5, 5.41) is 3.43. The molecule has 0 saturated carbocycles. The van der Waals surface area contributed by atoms with Crippen LogP contribution < -0.4 is 10.1 Å². The highest BCUT2D eigenvalue weighted by atomic mass is 16.5. The molecule has 1 amide bonds. The van der Waals surface area contributed by atoms with Crippen molar-refractivity contribution in [2.45, 2.75) is 25.5 Å². The molecular weight excluding hydrogens is 364 g/mol. The summed E-state index contributed by atoms with van der Waals surface area (Å²) < 4.78 is 6.08. The molecule has 1 N–H and O–H groups in total. The van der Waals surface area contributed by atoms with Crippen LogP contribution in [0.1, 0.15) is 28.8 Å². The minimum Gasteiger partial charge on any atom is -0.490 e. The number of rotatable bonds is 5. The predicted octanol–water partition coefficient (Wildman–Crippen LogP) is 3.01. The van der Waals surface area contributed by atoms with Crippen molar-refractivity contribution < 1.29 is 9.53 Å². The van der Waals surface area contributed by atoms with Gasteiger partial charge in [-0.15, -0.1) is 0 Å². The number of nitrogens with one attached hydrogen (secondary N) is 1. The lowest BCUT2D eigenvalue weighted by Gasteiger charge is -2.34. The van der Waals surface area contributed by atoms with E-state index in [-0.39, 0.29) is 12.0 Å². The van der Waals surface area contributed by atoms with Gasteiger partial charge in [-0.3, -0.25) is 9.79 Å². The number of carbonyl (C=O) groups excluding carboxylic acids is 1. The van der Waals surface area contributed by atoms with Gasteiger partial charge >= 0.3 is 0 Å². The molecule has 1 fully saturated rings. The fraction of sp³-hybridized carbons (Fsp3) is 0.391. The van der Waals surface area contributed by atoms with Crippen molar-refractivity contribution in [3.8, 4) is 5.75 Å². The van der Waals surface area contributed by atoms with Gasteiger partial charge in [0.25, 0.3) is 5.91 Å². The van der Waals surface area contributed by atoms with Crippen molar-refractivity contribution in [1.29, 1.82) is 0 Å². The second-order valence-corrected chi connectivity index (χ2v) is 7.41. The Morgan fingerprint density at radius 3 is 2.34 bits per heavy atom. The molecule has 0 atom stereocenters. The second kappa shape index (κ2) is 9.96. The van der Waals surface area contributed by atoms with Crippen LogP contribution in [0.2, 0.25) is 0 Å². The zero-order valence-electron chi connectivity index (χ0n) is 17.5. The highest BCUT2D eigenvalue weighted by molar-refractivity contribution is 5.93. The molecule has 2 aromatic carbocycles. The van der Waals surface area contributed by atoms with E-state index in [2.05, 4.69) is 15.2 Å². The number of piperidine rings is 1. The summed E-state index contributed by atoms with van der Waals surface area (Å²) >= 11 is 0. The number of para-hydroxylation sites is 1. The molecule has 6 heteroatoms. The molecule has 2 aromatic rings. The van der Waals surface area contributed by atoms with E-state index in [4.69, 9.17) is 4.74 Å². The Morgan fingerprint density at radius 1 is 1.10 bits per heavy atom. The van der Waals surface area contributed by atoms with Crippen LogP contribution in [-0.4, -0.2) is 62.0 Å². The summed E-state index contributed by atoms with van der Waals surface area (Å²) in [6.45, 7) is 2.49. The predicted molar refractivity (Wildman–Crippen MR) is 116 cm³/mol. The van der Waals surface area contributed by atoms with Crippen LogP contribution >= 0.6 is 0 Å².